The standard InChI is InChI=1S/C19H19N3O2S/c23-25(24,18-9-8-16-5-1-2-6-17(16)15-18)22-13-11-21(12-14-22)19-7-3-4-10-20-19/h1-10,15H,11-14H2/p+1. The second-order valence-corrected chi connectivity index (χ2v) is 8.09. The number of hydrogen-bond donors (Lipinski definition) is 0. The molecular formula is C19H20N3O2S+. The number of anilines is 1. The number of sulfonamides is 1. The van der Waals surface area contributed by atoms with Gasteiger partial charge in [-0.2, -0.15) is 4.31 Å². The van der Waals surface area contributed by atoms with Crippen LogP contribution in [0.4, 0.5) is 5.82 Å². The van der Waals surface area contributed by atoms with Crippen molar-refractivity contribution in [2.24, 2.45) is 0 Å². The van der Waals surface area contributed by atoms with Crippen LogP contribution >= 0.6 is 0 Å². The Bertz CT molecular complexity index is 982. The van der Waals surface area contributed by atoms with Crippen LogP contribution in [0.3, 0.4) is 0 Å². The van der Waals surface area contributed by atoms with E-state index in [1.54, 1.807) is 16.4 Å². The van der Waals surface area contributed by atoms with E-state index in [0.29, 0.717) is 31.1 Å². The molecule has 1 N–H and O–H groups in total. The van der Waals surface area contributed by atoms with Crippen LogP contribution in [0.5, 0.6) is 0 Å². The molecule has 0 aliphatic carbocycles. The molecule has 0 atom stereocenters. The van der Waals surface area contributed by atoms with E-state index in [1.165, 1.54) is 0 Å². The van der Waals surface area contributed by atoms with Crippen LogP contribution in [0.2, 0.25) is 0 Å². The fraction of sp³-hybridized carbons (Fsp3) is 0.211. The maximum absolute atomic E-state index is 13.0. The highest BCUT2D eigenvalue weighted by Crippen LogP contribution is 2.23. The largest absolute Gasteiger partial charge is 0.274 e. The van der Waals surface area contributed by atoms with Gasteiger partial charge in [-0.25, -0.2) is 13.4 Å². The number of nitrogens with zero attached hydrogens (tertiary/aromatic N) is 2. The summed E-state index contributed by atoms with van der Waals surface area (Å²) < 4.78 is 27.5. The molecule has 1 aliphatic heterocycles. The molecule has 1 aromatic heterocycles. The number of nitrogens with one attached hydrogen (secondary N) is 1. The normalized spacial score (nSPS) is 16.2. The van der Waals surface area contributed by atoms with Gasteiger partial charge in [0.05, 0.1) is 37.3 Å². The molecule has 0 radical (unpaired) electrons. The van der Waals surface area contributed by atoms with E-state index in [9.17, 15) is 8.42 Å². The van der Waals surface area contributed by atoms with Crippen molar-refractivity contribution in [3.05, 3.63) is 66.9 Å². The number of aromatic nitrogens is 1. The highest BCUT2D eigenvalue weighted by molar-refractivity contribution is 7.89. The summed E-state index contributed by atoms with van der Waals surface area (Å²) in [5.74, 6) is 1.02. The Kier molecular flexibility index (Phi) is 4.15. The van der Waals surface area contributed by atoms with Crippen molar-refractivity contribution in [2.45, 2.75) is 4.90 Å². The molecule has 0 amide bonds. The quantitative estimate of drug-likeness (QED) is 0.724. The van der Waals surface area contributed by atoms with Gasteiger partial charge < -0.3 is 0 Å². The summed E-state index contributed by atoms with van der Waals surface area (Å²) in [5, 5.41) is 1.99. The first-order valence-electron chi connectivity index (χ1n) is 8.35. The minimum Gasteiger partial charge on any atom is -0.259 e. The van der Waals surface area contributed by atoms with Crippen LogP contribution in [0.15, 0.2) is 71.8 Å². The van der Waals surface area contributed by atoms with Crippen LogP contribution in [0.1, 0.15) is 0 Å². The van der Waals surface area contributed by atoms with Crippen molar-refractivity contribution in [1.29, 1.82) is 0 Å². The Hall–Kier alpha value is -2.44. The second-order valence-electron chi connectivity index (χ2n) is 6.15. The highest BCUT2D eigenvalue weighted by Gasteiger charge is 2.31. The SMILES string of the molecule is O=S(=O)(c1ccc2ccccc2c1)N1CCN(c2cccc[nH+]2)CC1. The smallest absolute Gasteiger partial charge is 0.259 e. The van der Waals surface area contributed by atoms with Gasteiger partial charge in [0.15, 0.2) is 0 Å². The van der Waals surface area contributed by atoms with Crippen LogP contribution < -0.4 is 9.88 Å². The lowest BCUT2D eigenvalue weighted by Gasteiger charge is -2.30. The molecule has 3 aromatic rings. The summed E-state index contributed by atoms with van der Waals surface area (Å²) in [7, 11) is -3.46. The zero-order chi connectivity index (χ0) is 17.3. The topological polar surface area (TPSA) is 54.8 Å². The Morgan fingerprint density at radius 1 is 0.800 bits per heavy atom. The molecule has 128 valence electrons. The molecular weight excluding hydrogens is 334 g/mol. The lowest BCUT2D eigenvalue weighted by molar-refractivity contribution is -0.364. The molecule has 0 saturated carbocycles. The molecule has 0 unspecified atom stereocenters. The van der Waals surface area contributed by atoms with Crippen molar-refractivity contribution in [2.75, 3.05) is 31.1 Å². The van der Waals surface area contributed by atoms with Gasteiger partial charge in [-0.05, 0) is 29.0 Å². The van der Waals surface area contributed by atoms with Gasteiger partial charge in [-0.3, -0.25) is 4.90 Å². The van der Waals surface area contributed by atoms with Gasteiger partial charge >= 0.3 is 0 Å². The number of pyridine rings is 1. The molecule has 0 spiro atoms. The first kappa shape index (κ1) is 16.1. The predicted octanol–water partition coefficient (Wildman–Crippen LogP) is 2.16. The number of piperazine rings is 1. The van der Waals surface area contributed by atoms with Gasteiger partial charge in [0.1, 0.15) is 0 Å². The van der Waals surface area contributed by atoms with Crippen LogP contribution in [-0.2, 0) is 10.0 Å². The Balaban J connectivity index is 1.54. The van der Waals surface area contributed by atoms with Crippen molar-refractivity contribution in [1.82, 2.24) is 4.31 Å². The monoisotopic (exact) mass is 354 g/mol. The molecule has 4 rings (SSSR count). The van der Waals surface area contributed by atoms with Crippen molar-refractivity contribution >= 4 is 26.6 Å². The molecule has 6 heteroatoms. The van der Waals surface area contributed by atoms with Gasteiger partial charge in [-0.1, -0.05) is 36.4 Å². The zero-order valence-corrected chi connectivity index (χ0v) is 14.6. The molecule has 2 heterocycles. The van der Waals surface area contributed by atoms with E-state index in [0.717, 1.165) is 16.6 Å². The lowest BCUT2D eigenvalue weighted by atomic mass is 10.1. The van der Waals surface area contributed by atoms with E-state index in [4.69, 9.17) is 0 Å². The summed E-state index contributed by atoms with van der Waals surface area (Å²) in [5.41, 5.74) is 0. The van der Waals surface area contributed by atoms with E-state index >= 15 is 0 Å². The molecule has 2 aromatic carbocycles. The van der Waals surface area contributed by atoms with E-state index in [1.807, 2.05) is 54.7 Å². The molecule has 1 aliphatic rings. The van der Waals surface area contributed by atoms with Crippen molar-refractivity contribution in [3.8, 4) is 0 Å². The Morgan fingerprint density at radius 3 is 2.24 bits per heavy atom. The molecule has 5 nitrogen and oxygen atoms in total. The third-order valence-electron chi connectivity index (χ3n) is 4.63. The average molecular weight is 354 g/mol. The highest BCUT2D eigenvalue weighted by atomic mass is 32.2. The predicted molar refractivity (Wildman–Crippen MR) is 97.9 cm³/mol. The maximum atomic E-state index is 13.0. The van der Waals surface area contributed by atoms with Crippen LogP contribution in [0, 0.1) is 0 Å². The summed E-state index contributed by atoms with van der Waals surface area (Å²) >= 11 is 0. The number of benzene rings is 2. The molecule has 0 bridgehead atoms. The third-order valence-corrected chi connectivity index (χ3v) is 6.53. The first-order valence-corrected chi connectivity index (χ1v) is 9.79. The van der Waals surface area contributed by atoms with E-state index in [-0.39, 0.29) is 0 Å². The number of aromatic amines is 1. The van der Waals surface area contributed by atoms with Gasteiger partial charge in [0.2, 0.25) is 10.0 Å². The first-order chi connectivity index (χ1) is 12.1. The molecule has 25 heavy (non-hydrogen) atoms. The van der Waals surface area contributed by atoms with Crippen LogP contribution in [-0.4, -0.2) is 38.9 Å². The summed E-state index contributed by atoms with van der Waals surface area (Å²) in [4.78, 5) is 5.74. The summed E-state index contributed by atoms with van der Waals surface area (Å²) in [6, 6.07) is 19.1. The van der Waals surface area contributed by atoms with Gasteiger partial charge in [0, 0.05) is 6.07 Å². The molecule has 1 fully saturated rings. The fourth-order valence-electron chi connectivity index (χ4n) is 3.23. The lowest BCUT2D eigenvalue weighted by Crippen LogP contribution is -2.49. The zero-order valence-electron chi connectivity index (χ0n) is 13.8. The number of H-pyrrole nitrogens is 1. The van der Waals surface area contributed by atoms with Crippen molar-refractivity contribution in [3.63, 3.8) is 0 Å². The van der Waals surface area contributed by atoms with Crippen molar-refractivity contribution < 1.29 is 13.4 Å². The average Bonchev–Trinajstić information content (AvgIpc) is 2.68. The minimum absolute atomic E-state index is 0.367. The maximum Gasteiger partial charge on any atom is 0.274 e. The summed E-state index contributed by atoms with van der Waals surface area (Å²) in [6.45, 7) is 2.32. The number of hydrogen-bond acceptors (Lipinski definition) is 3. The van der Waals surface area contributed by atoms with E-state index in [2.05, 4.69) is 9.88 Å². The third kappa shape index (κ3) is 3.10. The summed E-state index contributed by atoms with van der Waals surface area (Å²) in [6.07, 6.45) is 1.88. The molecule has 1 saturated heterocycles. The minimum atomic E-state index is -3.46. The van der Waals surface area contributed by atoms with E-state index < -0.39 is 10.0 Å². The fourth-order valence-corrected chi connectivity index (χ4v) is 4.68. The Labute approximate surface area is 147 Å². The number of rotatable bonds is 3. The second kappa shape index (κ2) is 6.46. The van der Waals surface area contributed by atoms with Gasteiger partial charge in [-0.15, -0.1) is 0 Å². The Morgan fingerprint density at radius 2 is 1.52 bits per heavy atom. The number of fused-ring (bicyclic) bond motifs is 1. The van der Waals surface area contributed by atoms with Gasteiger partial charge in [0.25, 0.3) is 5.82 Å². The van der Waals surface area contributed by atoms with Crippen LogP contribution in [0.25, 0.3) is 10.8 Å².